The number of nitrogens with zero attached hydrogens (tertiary/aromatic N) is 3. The average molecular weight is 396 g/mol. The van der Waals surface area contributed by atoms with Crippen molar-refractivity contribution >= 4 is 5.82 Å². The Kier molecular flexibility index (Phi) is 4.57. The molecule has 1 heterocycles. The van der Waals surface area contributed by atoms with E-state index in [9.17, 15) is 32.4 Å². The maximum Gasteiger partial charge on any atom is 0.416 e. The quantitative estimate of drug-likeness (QED) is 0.804. The number of nitrogens with one attached hydrogen (secondary N) is 1. The molecular formula is C18H16F4N4O2. The van der Waals surface area contributed by atoms with Gasteiger partial charge in [-0.15, -0.1) is 0 Å². The van der Waals surface area contributed by atoms with Crippen LogP contribution in [0.1, 0.15) is 29.5 Å². The summed E-state index contributed by atoms with van der Waals surface area (Å²) in [4.78, 5) is 24.2. The summed E-state index contributed by atoms with van der Waals surface area (Å²) >= 11 is 0. The maximum atomic E-state index is 13.8. The van der Waals surface area contributed by atoms with Gasteiger partial charge in [0.1, 0.15) is 17.7 Å². The van der Waals surface area contributed by atoms with Crippen LogP contribution in [0.25, 0.3) is 0 Å². The van der Waals surface area contributed by atoms with Gasteiger partial charge in [0.2, 0.25) is 0 Å². The van der Waals surface area contributed by atoms with Gasteiger partial charge >= 0.3 is 11.9 Å². The fraction of sp³-hybridized carbons (Fsp3) is 0.389. The first kappa shape index (κ1) is 19.7. The number of rotatable bonds is 4. The lowest BCUT2D eigenvalue weighted by atomic mass is 9.93. The van der Waals surface area contributed by atoms with Gasteiger partial charge in [-0.3, -0.25) is 13.9 Å². The van der Waals surface area contributed by atoms with Crippen molar-refractivity contribution in [1.29, 1.82) is 5.26 Å². The molecule has 3 rings (SSSR count). The zero-order valence-electron chi connectivity index (χ0n) is 15.0. The molecule has 0 saturated heterocycles. The van der Waals surface area contributed by atoms with Gasteiger partial charge in [-0.25, -0.2) is 9.18 Å². The third kappa shape index (κ3) is 3.28. The van der Waals surface area contributed by atoms with E-state index < -0.39 is 34.2 Å². The molecule has 0 amide bonds. The van der Waals surface area contributed by atoms with Gasteiger partial charge in [0, 0.05) is 26.1 Å². The first-order chi connectivity index (χ1) is 13.0. The molecule has 0 atom stereocenters. The van der Waals surface area contributed by atoms with Crippen LogP contribution in [0.15, 0.2) is 27.8 Å². The third-order valence-corrected chi connectivity index (χ3v) is 5.06. The Morgan fingerprint density at radius 3 is 2.36 bits per heavy atom. The summed E-state index contributed by atoms with van der Waals surface area (Å²) in [5.41, 5.74) is -3.38. The summed E-state index contributed by atoms with van der Waals surface area (Å²) < 4.78 is 54.6. The molecule has 0 bridgehead atoms. The summed E-state index contributed by atoms with van der Waals surface area (Å²) in [5.74, 6) is -1.01. The van der Waals surface area contributed by atoms with Crippen molar-refractivity contribution < 1.29 is 17.6 Å². The van der Waals surface area contributed by atoms with Crippen molar-refractivity contribution in [1.82, 2.24) is 9.13 Å². The molecule has 1 aromatic carbocycles. The molecule has 1 aromatic heterocycles. The van der Waals surface area contributed by atoms with Crippen LogP contribution < -0.4 is 16.6 Å². The number of alkyl halides is 3. The molecule has 0 aliphatic heterocycles. The first-order valence-corrected chi connectivity index (χ1v) is 8.32. The van der Waals surface area contributed by atoms with E-state index in [4.69, 9.17) is 0 Å². The molecule has 1 fully saturated rings. The Morgan fingerprint density at radius 1 is 1.18 bits per heavy atom. The van der Waals surface area contributed by atoms with Crippen LogP contribution >= 0.6 is 0 Å². The number of hydrogen-bond acceptors (Lipinski definition) is 4. The van der Waals surface area contributed by atoms with Gasteiger partial charge < -0.3 is 5.32 Å². The largest absolute Gasteiger partial charge is 0.416 e. The van der Waals surface area contributed by atoms with Crippen LogP contribution in [0.5, 0.6) is 0 Å². The maximum absolute atomic E-state index is 13.8. The topological polar surface area (TPSA) is 79.8 Å². The molecule has 1 aliphatic carbocycles. The molecule has 1 saturated carbocycles. The van der Waals surface area contributed by atoms with E-state index >= 15 is 0 Å². The zero-order chi connectivity index (χ0) is 20.9. The summed E-state index contributed by atoms with van der Waals surface area (Å²) in [5, 5.41) is 12.1. The highest BCUT2D eigenvalue weighted by Crippen LogP contribution is 2.49. The number of aromatic nitrogens is 2. The molecule has 0 spiro atoms. The van der Waals surface area contributed by atoms with Crippen molar-refractivity contribution in [2.75, 3.05) is 11.9 Å². The minimum Gasteiger partial charge on any atom is -0.369 e. The molecule has 0 radical (unpaired) electrons. The van der Waals surface area contributed by atoms with Gasteiger partial charge in [0.05, 0.1) is 5.56 Å². The van der Waals surface area contributed by atoms with Gasteiger partial charge in [-0.1, -0.05) is 0 Å². The van der Waals surface area contributed by atoms with Crippen molar-refractivity contribution in [3.63, 3.8) is 0 Å². The monoisotopic (exact) mass is 396 g/mol. The predicted octanol–water partition coefficient (Wildman–Crippen LogP) is 2.26. The van der Waals surface area contributed by atoms with Crippen LogP contribution in [0.4, 0.5) is 23.4 Å². The van der Waals surface area contributed by atoms with E-state index in [0.717, 1.165) is 21.3 Å². The second kappa shape index (κ2) is 6.51. The molecule has 28 heavy (non-hydrogen) atoms. The second-order valence-corrected chi connectivity index (χ2v) is 6.90. The smallest absolute Gasteiger partial charge is 0.369 e. The third-order valence-electron chi connectivity index (χ3n) is 5.06. The number of hydrogen-bond donors (Lipinski definition) is 1. The minimum absolute atomic E-state index is 0.0191. The Hall–Kier alpha value is -3.09. The molecule has 2 aromatic rings. The highest BCUT2D eigenvalue weighted by Gasteiger charge is 2.46. The lowest BCUT2D eigenvalue weighted by molar-refractivity contribution is -0.137. The Labute approximate surface area is 156 Å². The summed E-state index contributed by atoms with van der Waals surface area (Å²) in [6, 6.07) is 4.14. The lowest BCUT2D eigenvalue weighted by Gasteiger charge is -2.21. The van der Waals surface area contributed by atoms with Crippen LogP contribution in [-0.2, 0) is 25.7 Å². The van der Waals surface area contributed by atoms with Crippen molar-refractivity contribution in [3.8, 4) is 6.07 Å². The van der Waals surface area contributed by atoms with Gasteiger partial charge in [0.15, 0.2) is 5.56 Å². The Morgan fingerprint density at radius 2 is 1.82 bits per heavy atom. The zero-order valence-corrected chi connectivity index (χ0v) is 15.0. The van der Waals surface area contributed by atoms with Crippen molar-refractivity contribution in [2.24, 2.45) is 14.1 Å². The number of benzene rings is 1. The molecule has 0 unspecified atom stereocenters. The highest BCUT2D eigenvalue weighted by molar-refractivity contribution is 5.52. The summed E-state index contributed by atoms with van der Waals surface area (Å²) in [7, 11) is 2.61. The number of nitriles is 1. The van der Waals surface area contributed by atoms with Crippen LogP contribution in [0.2, 0.25) is 0 Å². The highest BCUT2D eigenvalue weighted by atomic mass is 19.4. The number of anilines is 1. The average Bonchev–Trinajstić information content (AvgIpc) is 3.42. The van der Waals surface area contributed by atoms with Crippen LogP contribution in [0.3, 0.4) is 0 Å². The van der Waals surface area contributed by atoms with Gasteiger partial charge in [-0.05, 0) is 36.6 Å². The minimum atomic E-state index is -4.68. The van der Waals surface area contributed by atoms with Crippen molar-refractivity contribution in [3.05, 3.63) is 61.5 Å². The molecule has 148 valence electrons. The summed E-state index contributed by atoms with van der Waals surface area (Å²) in [6.45, 7) is 0.0445. The van der Waals surface area contributed by atoms with E-state index in [1.54, 1.807) is 6.07 Å². The van der Waals surface area contributed by atoms with Crippen LogP contribution in [0, 0.1) is 17.1 Å². The SMILES string of the molecule is Cn1c(NCC2(c3cc(F)cc(C(F)(F)F)c3)CC2)c(C#N)c(=O)n(C)c1=O. The molecule has 6 nitrogen and oxygen atoms in total. The van der Waals surface area contributed by atoms with E-state index in [0.29, 0.717) is 18.9 Å². The lowest BCUT2D eigenvalue weighted by Crippen LogP contribution is -2.40. The predicted molar refractivity (Wildman–Crippen MR) is 92.4 cm³/mol. The van der Waals surface area contributed by atoms with Gasteiger partial charge in [0.25, 0.3) is 5.56 Å². The second-order valence-electron chi connectivity index (χ2n) is 6.90. The first-order valence-electron chi connectivity index (χ1n) is 8.32. The van der Waals surface area contributed by atoms with E-state index in [-0.39, 0.29) is 23.5 Å². The van der Waals surface area contributed by atoms with E-state index in [1.165, 1.54) is 14.1 Å². The van der Waals surface area contributed by atoms with E-state index in [1.807, 2.05) is 0 Å². The molecule has 1 aliphatic rings. The number of halogens is 4. The fourth-order valence-corrected chi connectivity index (χ4v) is 3.18. The van der Waals surface area contributed by atoms with Gasteiger partial charge in [-0.2, -0.15) is 18.4 Å². The fourth-order valence-electron chi connectivity index (χ4n) is 3.18. The molecule has 1 N–H and O–H groups in total. The van der Waals surface area contributed by atoms with E-state index in [2.05, 4.69) is 5.32 Å². The standard InChI is InChI=1S/C18H16F4N4O2/c1-25-14(13(8-23)15(27)26(2)16(25)28)24-9-17(3-4-17)10-5-11(18(20,21)22)7-12(19)6-10/h5-7,24H,3-4,9H2,1-2H3. The molecule has 10 heteroatoms. The Balaban J connectivity index is 1.97. The van der Waals surface area contributed by atoms with Crippen LogP contribution in [-0.4, -0.2) is 15.7 Å². The molecular weight excluding hydrogens is 380 g/mol. The Bertz CT molecular complexity index is 1100. The van der Waals surface area contributed by atoms with Crippen molar-refractivity contribution in [2.45, 2.75) is 24.4 Å². The normalized spacial score (nSPS) is 15.2. The summed E-state index contributed by atoms with van der Waals surface area (Å²) in [6.07, 6.45) is -3.67.